The van der Waals surface area contributed by atoms with Crippen LogP contribution in [0.4, 0.5) is 5.69 Å². The minimum Gasteiger partial charge on any atom is -0.385 e. The largest absolute Gasteiger partial charge is 0.385 e. The number of nitrogens with zero attached hydrogens (tertiary/aromatic N) is 1. The molecule has 0 aromatic heterocycles. The molecule has 0 aliphatic carbocycles. The fraction of sp³-hybridized carbons (Fsp3) is 0.500. The number of hydrogen-bond acceptors (Lipinski definition) is 3. The van der Waals surface area contributed by atoms with Gasteiger partial charge in [0, 0.05) is 36.2 Å². The zero-order chi connectivity index (χ0) is 13.7. The molecule has 19 heavy (non-hydrogen) atoms. The maximum atomic E-state index is 11.9. The number of amides is 1. The van der Waals surface area contributed by atoms with Gasteiger partial charge in [-0.15, -0.1) is 0 Å². The molecule has 1 fully saturated rings. The Kier molecular flexibility index (Phi) is 5.22. The number of ether oxygens (including phenoxy) is 1. The van der Waals surface area contributed by atoms with Gasteiger partial charge in [0.1, 0.15) is 0 Å². The summed E-state index contributed by atoms with van der Waals surface area (Å²) in [5, 5.41) is 3.28. The molecule has 1 heterocycles. The van der Waals surface area contributed by atoms with Crippen LogP contribution < -0.4 is 5.32 Å². The molecule has 1 aromatic carbocycles. The molecule has 5 heteroatoms. The van der Waals surface area contributed by atoms with Crippen molar-refractivity contribution in [1.82, 2.24) is 4.90 Å². The number of hydrogen-bond donors (Lipinski definition) is 1. The van der Waals surface area contributed by atoms with Gasteiger partial charge in [0.25, 0.3) is 0 Å². The Bertz CT molecular complexity index is 445. The fourth-order valence-electron chi connectivity index (χ4n) is 2.04. The number of morpholine rings is 1. The Balaban J connectivity index is 1.76. The van der Waals surface area contributed by atoms with Gasteiger partial charge in [-0.25, -0.2) is 0 Å². The molecule has 1 aromatic rings. The molecule has 0 atom stereocenters. The predicted octanol–water partition coefficient (Wildman–Crippen LogP) is 2.42. The lowest BCUT2D eigenvalue weighted by atomic mass is 10.2. The van der Waals surface area contributed by atoms with E-state index in [0.717, 1.165) is 23.2 Å². The van der Waals surface area contributed by atoms with Gasteiger partial charge in [0.2, 0.25) is 5.91 Å². The molecule has 0 unspecified atom stereocenters. The lowest BCUT2D eigenvalue weighted by Gasteiger charge is -2.26. The number of carbonyl (C=O) groups excluding carboxylic acids is 1. The summed E-state index contributed by atoms with van der Waals surface area (Å²) in [6.45, 7) is 5.47. The van der Waals surface area contributed by atoms with Crippen LogP contribution in [0.5, 0.6) is 0 Å². The Morgan fingerprint density at radius 3 is 2.84 bits per heavy atom. The van der Waals surface area contributed by atoms with E-state index in [1.165, 1.54) is 5.56 Å². The molecule has 0 spiro atoms. The van der Waals surface area contributed by atoms with Crippen molar-refractivity contribution < 1.29 is 9.53 Å². The van der Waals surface area contributed by atoms with E-state index >= 15 is 0 Å². The van der Waals surface area contributed by atoms with Crippen molar-refractivity contribution in [3.8, 4) is 0 Å². The quantitative estimate of drug-likeness (QED) is 0.923. The van der Waals surface area contributed by atoms with Crippen LogP contribution in [0.15, 0.2) is 22.7 Å². The van der Waals surface area contributed by atoms with Crippen molar-refractivity contribution >= 4 is 27.5 Å². The highest BCUT2D eigenvalue weighted by molar-refractivity contribution is 9.10. The van der Waals surface area contributed by atoms with Crippen LogP contribution in [0.2, 0.25) is 0 Å². The SMILES string of the molecule is Cc1cc(NCCC(=O)N2CCOCC2)ccc1Br. The lowest BCUT2D eigenvalue weighted by molar-refractivity contribution is -0.134. The molecule has 1 amide bonds. The highest BCUT2D eigenvalue weighted by Crippen LogP contribution is 2.19. The van der Waals surface area contributed by atoms with Crippen LogP contribution in [0.1, 0.15) is 12.0 Å². The average molecular weight is 327 g/mol. The number of carbonyl (C=O) groups is 1. The second-order valence-corrected chi connectivity index (χ2v) is 5.49. The molecule has 2 rings (SSSR count). The van der Waals surface area contributed by atoms with Crippen LogP contribution in [-0.4, -0.2) is 43.7 Å². The van der Waals surface area contributed by atoms with E-state index in [1.807, 2.05) is 24.0 Å². The first kappa shape index (κ1) is 14.3. The minimum atomic E-state index is 0.199. The number of halogens is 1. The lowest BCUT2D eigenvalue weighted by Crippen LogP contribution is -2.41. The molecule has 104 valence electrons. The highest BCUT2D eigenvalue weighted by atomic mass is 79.9. The number of nitrogens with one attached hydrogen (secondary N) is 1. The van der Waals surface area contributed by atoms with Crippen LogP contribution in [0, 0.1) is 6.92 Å². The second-order valence-electron chi connectivity index (χ2n) is 4.63. The highest BCUT2D eigenvalue weighted by Gasteiger charge is 2.15. The molecule has 0 radical (unpaired) electrons. The first-order valence-corrected chi connectivity index (χ1v) is 7.31. The predicted molar refractivity (Wildman–Crippen MR) is 79.4 cm³/mol. The number of rotatable bonds is 4. The summed E-state index contributed by atoms with van der Waals surface area (Å²) in [6, 6.07) is 6.10. The minimum absolute atomic E-state index is 0.199. The first-order chi connectivity index (χ1) is 9.16. The zero-order valence-electron chi connectivity index (χ0n) is 11.1. The Morgan fingerprint density at radius 1 is 1.42 bits per heavy atom. The van der Waals surface area contributed by atoms with E-state index in [9.17, 15) is 4.79 Å². The normalized spacial score (nSPS) is 15.4. The smallest absolute Gasteiger partial charge is 0.224 e. The third kappa shape index (κ3) is 4.21. The van der Waals surface area contributed by atoms with Gasteiger partial charge in [-0.1, -0.05) is 15.9 Å². The summed E-state index contributed by atoms with van der Waals surface area (Å²) in [4.78, 5) is 13.8. The Morgan fingerprint density at radius 2 is 2.16 bits per heavy atom. The molecule has 1 aliphatic rings. The molecular formula is C14H19BrN2O2. The zero-order valence-corrected chi connectivity index (χ0v) is 12.7. The third-order valence-corrected chi connectivity index (χ3v) is 4.08. The summed E-state index contributed by atoms with van der Waals surface area (Å²) in [7, 11) is 0. The summed E-state index contributed by atoms with van der Waals surface area (Å²) in [6.07, 6.45) is 0.523. The summed E-state index contributed by atoms with van der Waals surface area (Å²) >= 11 is 3.47. The van der Waals surface area contributed by atoms with Gasteiger partial charge < -0.3 is 15.0 Å². The van der Waals surface area contributed by atoms with Gasteiger partial charge >= 0.3 is 0 Å². The van der Waals surface area contributed by atoms with Crippen molar-refractivity contribution in [2.75, 3.05) is 38.2 Å². The van der Waals surface area contributed by atoms with E-state index in [0.29, 0.717) is 26.2 Å². The van der Waals surface area contributed by atoms with Crippen molar-refractivity contribution in [2.45, 2.75) is 13.3 Å². The Hall–Kier alpha value is -1.07. The molecule has 1 saturated heterocycles. The van der Waals surface area contributed by atoms with E-state index in [1.54, 1.807) is 0 Å². The topological polar surface area (TPSA) is 41.6 Å². The molecule has 1 N–H and O–H groups in total. The van der Waals surface area contributed by atoms with Gasteiger partial charge in [0.15, 0.2) is 0 Å². The van der Waals surface area contributed by atoms with Crippen LogP contribution in [0.25, 0.3) is 0 Å². The Labute approximate surface area is 122 Å². The van der Waals surface area contributed by atoms with Gasteiger partial charge in [-0.2, -0.15) is 0 Å². The van der Waals surface area contributed by atoms with E-state index in [2.05, 4.69) is 27.3 Å². The summed E-state index contributed by atoms with van der Waals surface area (Å²) < 4.78 is 6.33. The first-order valence-electron chi connectivity index (χ1n) is 6.52. The fourth-order valence-corrected chi connectivity index (χ4v) is 2.29. The van der Waals surface area contributed by atoms with Gasteiger partial charge in [-0.05, 0) is 30.7 Å². The van der Waals surface area contributed by atoms with E-state index in [4.69, 9.17) is 4.74 Å². The van der Waals surface area contributed by atoms with E-state index in [-0.39, 0.29) is 5.91 Å². The third-order valence-electron chi connectivity index (χ3n) is 3.19. The van der Waals surface area contributed by atoms with Gasteiger partial charge in [-0.3, -0.25) is 4.79 Å². The standard InChI is InChI=1S/C14H19BrN2O2/c1-11-10-12(2-3-13(11)15)16-5-4-14(18)17-6-8-19-9-7-17/h2-3,10,16H,4-9H2,1H3. The van der Waals surface area contributed by atoms with Crippen LogP contribution >= 0.6 is 15.9 Å². The maximum Gasteiger partial charge on any atom is 0.224 e. The van der Waals surface area contributed by atoms with Crippen molar-refractivity contribution in [3.05, 3.63) is 28.2 Å². The molecule has 0 saturated carbocycles. The summed E-state index contributed by atoms with van der Waals surface area (Å²) in [5.41, 5.74) is 2.24. The number of benzene rings is 1. The van der Waals surface area contributed by atoms with Crippen molar-refractivity contribution in [3.63, 3.8) is 0 Å². The molecule has 0 bridgehead atoms. The monoisotopic (exact) mass is 326 g/mol. The average Bonchev–Trinajstić information content (AvgIpc) is 2.43. The molecule has 4 nitrogen and oxygen atoms in total. The molecular weight excluding hydrogens is 308 g/mol. The van der Waals surface area contributed by atoms with Crippen LogP contribution in [-0.2, 0) is 9.53 Å². The van der Waals surface area contributed by atoms with Crippen LogP contribution in [0.3, 0.4) is 0 Å². The maximum absolute atomic E-state index is 11.9. The molecule has 1 aliphatic heterocycles. The second kappa shape index (κ2) is 6.91. The van der Waals surface area contributed by atoms with E-state index < -0.39 is 0 Å². The van der Waals surface area contributed by atoms with Crippen molar-refractivity contribution in [1.29, 1.82) is 0 Å². The van der Waals surface area contributed by atoms with Crippen molar-refractivity contribution in [2.24, 2.45) is 0 Å². The van der Waals surface area contributed by atoms with Gasteiger partial charge in [0.05, 0.1) is 13.2 Å². The number of aryl methyl sites for hydroxylation is 1. The number of anilines is 1. The summed E-state index contributed by atoms with van der Waals surface area (Å²) in [5.74, 6) is 0.199.